The highest BCUT2D eigenvalue weighted by Crippen LogP contribution is 2.29. The Balaban J connectivity index is 1.51. The molecule has 0 radical (unpaired) electrons. The van der Waals surface area contributed by atoms with Gasteiger partial charge in [0.15, 0.2) is 16.8 Å². The Bertz CT molecular complexity index is 1030. The lowest BCUT2D eigenvalue weighted by molar-refractivity contribution is -0.115. The second kappa shape index (κ2) is 9.51. The molecule has 2 aromatic heterocycles. The van der Waals surface area contributed by atoms with E-state index in [9.17, 15) is 13.6 Å². The van der Waals surface area contributed by atoms with Gasteiger partial charge in [-0.3, -0.25) is 9.36 Å². The van der Waals surface area contributed by atoms with Gasteiger partial charge < -0.3 is 14.6 Å². The predicted molar refractivity (Wildman–Crippen MR) is 114 cm³/mol. The SMILES string of the molecule is CC(Sc1nnc(N2CCCCC2)n1Cc1ccco1)C(=O)Nc1ccc(F)c(F)c1. The van der Waals surface area contributed by atoms with E-state index in [2.05, 4.69) is 20.4 Å². The minimum absolute atomic E-state index is 0.197. The molecule has 31 heavy (non-hydrogen) atoms. The Kier molecular flexibility index (Phi) is 6.55. The number of carbonyl (C=O) groups excluding carboxylic acids is 1. The van der Waals surface area contributed by atoms with Crippen LogP contribution in [0.2, 0.25) is 0 Å². The van der Waals surface area contributed by atoms with E-state index >= 15 is 0 Å². The van der Waals surface area contributed by atoms with Crippen LogP contribution in [0.5, 0.6) is 0 Å². The lowest BCUT2D eigenvalue weighted by atomic mass is 10.1. The number of anilines is 2. The third-order valence-corrected chi connectivity index (χ3v) is 6.15. The van der Waals surface area contributed by atoms with E-state index in [1.807, 2.05) is 16.7 Å². The molecule has 164 valence electrons. The molecular weight excluding hydrogens is 424 g/mol. The first kappa shape index (κ1) is 21.4. The lowest BCUT2D eigenvalue weighted by Crippen LogP contribution is -2.32. The van der Waals surface area contributed by atoms with E-state index in [-0.39, 0.29) is 11.6 Å². The van der Waals surface area contributed by atoms with Crippen molar-refractivity contribution in [2.45, 2.75) is 43.1 Å². The summed E-state index contributed by atoms with van der Waals surface area (Å²) < 4.78 is 34.0. The highest BCUT2D eigenvalue weighted by molar-refractivity contribution is 8.00. The summed E-state index contributed by atoms with van der Waals surface area (Å²) in [4.78, 5) is 14.8. The number of carbonyl (C=O) groups is 1. The van der Waals surface area contributed by atoms with Crippen molar-refractivity contribution in [3.05, 3.63) is 54.0 Å². The maximum atomic E-state index is 13.4. The Morgan fingerprint density at radius 3 is 2.71 bits per heavy atom. The van der Waals surface area contributed by atoms with Gasteiger partial charge in [0, 0.05) is 24.8 Å². The van der Waals surface area contributed by atoms with Crippen LogP contribution >= 0.6 is 11.8 Å². The number of furan rings is 1. The summed E-state index contributed by atoms with van der Waals surface area (Å²) >= 11 is 1.25. The number of benzene rings is 1. The molecule has 0 saturated carbocycles. The molecule has 1 aliphatic heterocycles. The molecule has 1 atom stereocenters. The van der Waals surface area contributed by atoms with E-state index in [4.69, 9.17) is 4.42 Å². The molecule has 7 nitrogen and oxygen atoms in total. The minimum atomic E-state index is -1.01. The van der Waals surface area contributed by atoms with Crippen molar-refractivity contribution in [1.82, 2.24) is 14.8 Å². The molecule has 1 saturated heterocycles. The van der Waals surface area contributed by atoms with E-state index in [0.29, 0.717) is 11.7 Å². The topological polar surface area (TPSA) is 76.2 Å². The maximum absolute atomic E-state index is 13.4. The number of aromatic nitrogens is 3. The molecule has 3 heterocycles. The van der Waals surface area contributed by atoms with Crippen molar-refractivity contribution in [3.63, 3.8) is 0 Å². The molecule has 0 aliphatic carbocycles. The van der Waals surface area contributed by atoms with Gasteiger partial charge in [0.2, 0.25) is 11.9 Å². The minimum Gasteiger partial charge on any atom is -0.467 e. The van der Waals surface area contributed by atoms with Crippen molar-refractivity contribution >= 4 is 29.3 Å². The van der Waals surface area contributed by atoms with Gasteiger partial charge in [-0.2, -0.15) is 0 Å². The van der Waals surface area contributed by atoms with Gasteiger partial charge in [0.05, 0.1) is 18.1 Å². The Morgan fingerprint density at radius 2 is 2.00 bits per heavy atom. The van der Waals surface area contributed by atoms with Crippen LogP contribution in [-0.4, -0.2) is 39.0 Å². The van der Waals surface area contributed by atoms with Gasteiger partial charge >= 0.3 is 0 Å². The van der Waals surface area contributed by atoms with Gasteiger partial charge in [0.1, 0.15) is 5.76 Å². The number of amides is 1. The zero-order chi connectivity index (χ0) is 21.8. The van der Waals surface area contributed by atoms with Gasteiger partial charge in [-0.1, -0.05) is 11.8 Å². The highest BCUT2D eigenvalue weighted by Gasteiger charge is 2.24. The summed E-state index contributed by atoms with van der Waals surface area (Å²) in [7, 11) is 0. The number of nitrogens with one attached hydrogen (secondary N) is 1. The Labute approximate surface area is 182 Å². The van der Waals surface area contributed by atoms with Gasteiger partial charge in [-0.05, 0) is 50.5 Å². The third-order valence-electron chi connectivity index (χ3n) is 5.07. The van der Waals surface area contributed by atoms with Crippen LogP contribution in [0.4, 0.5) is 20.4 Å². The molecule has 10 heteroatoms. The maximum Gasteiger partial charge on any atom is 0.237 e. The van der Waals surface area contributed by atoms with E-state index in [1.165, 1.54) is 24.2 Å². The average molecular weight is 448 g/mol. The summed E-state index contributed by atoms with van der Waals surface area (Å²) in [6, 6.07) is 6.96. The summed E-state index contributed by atoms with van der Waals surface area (Å²) in [5.74, 6) is -0.798. The van der Waals surface area contributed by atoms with Crippen LogP contribution in [-0.2, 0) is 11.3 Å². The van der Waals surface area contributed by atoms with Crippen molar-refractivity contribution in [2.75, 3.05) is 23.3 Å². The largest absolute Gasteiger partial charge is 0.467 e. The van der Waals surface area contributed by atoms with Crippen LogP contribution in [0.1, 0.15) is 31.9 Å². The summed E-state index contributed by atoms with van der Waals surface area (Å²) in [6.07, 6.45) is 5.02. The van der Waals surface area contributed by atoms with Crippen LogP contribution in [0.3, 0.4) is 0 Å². The standard InChI is InChI=1S/C21H23F2N5O2S/c1-14(19(29)24-15-7-8-17(22)18(23)12-15)31-21-26-25-20(27-9-3-2-4-10-27)28(21)13-16-6-5-11-30-16/h5-8,11-12,14H,2-4,9-10,13H2,1H3,(H,24,29). The van der Waals surface area contributed by atoms with Gasteiger partial charge in [0.25, 0.3) is 0 Å². The number of rotatable bonds is 7. The zero-order valence-electron chi connectivity index (χ0n) is 17.1. The normalized spacial score (nSPS) is 15.1. The highest BCUT2D eigenvalue weighted by atomic mass is 32.2. The molecule has 0 bridgehead atoms. The molecule has 1 N–H and O–H groups in total. The van der Waals surface area contributed by atoms with Crippen molar-refractivity contribution in [1.29, 1.82) is 0 Å². The predicted octanol–water partition coefficient (Wildman–Crippen LogP) is 4.31. The van der Waals surface area contributed by atoms with Gasteiger partial charge in [-0.15, -0.1) is 10.2 Å². The number of halogens is 2. The van der Waals surface area contributed by atoms with E-state index < -0.39 is 16.9 Å². The van der Waals surface area contributed by atoms with Crippen LogP contribution in [0.15, 0.2) is 46.2 Å². The summed E-state index contributed by atoms with van der Waals surface area (Å²) in [6.45, 7) is 4.00. The smallest absolute Gasteiger partial charge is 0.237 e. The number of piperidine rings is 1. The number of nitrogens with zero attached hydrogens (tertiary/aromatic N) is 4. The zero-order valence-corrected chi connectivity index (χ0v) is 17.9. The molecule has 1 unspecified atom stereocenters. The molecule has 1 aliphatic rings. The van der Waals surface area contributed by atoms with E-state index in [0.717, 1.165) is 49.8 Å². The van der Waals surface area contributed by atoms with Crippen LogP contribution in [0, 0.1) is 11.6 Å². The fourth-order valence-electron chi connectivity index (χ4n) is 3.42. The molecule has 0 spiro atoms. The van der Waals surface area contributed by atoms with Gasteiger partial charge in [-0.25, -0.2) is 8.78 Å². The third kappa shape index (κ3) is 5.07. The first-order valence-electron chi connectivity index (χ1n) is 10.1. The molecular formula is C21H23F2N5O2S. The first-order chi connectivity index (χ1) is 15.0. The molecule has 3 aromatic rings. The molecule has 1 fully saturated rings. The fraction of sp³-hybridized carbons (Fsp3) is 0.381. The van der Waals surface area contributed by atoms with Crippen LogP contribution in [0.25, 0.3) is 0 Å². The average Bonchev–Trinajstić information content (AvgIpc) is 3.42. The molecule has 1 amide bonds. The quantitative estimate of drug-likeness (QED) is 0.544. The molecule has 1 aromatic carbocycles. The summed E-state index contributed by atoms with van der Waals surface area (Å²) in [5.41, 5.74) is 0.197. The Morgan fingerprint density at radius 1 is 1.19 bits per heavy atom. The Hall–Kier alpha value is -2.88. The monoisotopic (exact) mass is 447 g/mol. The summed E-state index contributed by atoms with van der Waals surface area (Å²) in [5, 5.41) is 11.4. The second-order valence-electron chi connectivity index (χ2n) is 7.37. The number of hydrogen-bond acceptors (Lipinski definition) is 6. The van der Waals surface area contributed by atoms with Crippen molar-refractivity contribution in [3.8, 4) is 0 Å². The van der Waals surface area contributed by atoms with E-state index in [1.54, 1.807) is 13.2 Å². The van der Waals surface area contributed by atoms with Crippen molar-refractivity contribution in [2.24, 2.45) is 0 Å². The fourth-order valence-corrected chi connectivity index (χ4v) is 4.27. The number of thioether (sulfide) groups is 1. The first-order valence-corrected chi connectivity index (χ1v) is 11.0. The molecule has 4 rings (SSSR count). The second-order valence-corrected chi connectivity index (χ2v) is 8.68. The van der Waals surface area contributed by atoms with Crippen LogP contribution < -0.4 is 10.2 Å². The number of hydrogen-bond donors (Lipinski definition) is 1. The lowest BCUT2D eigenvalue weighted by Gasteiger charge is -2.27. The van der Waals surface area contributed by atoms with Crippen molar-refractivity contribution < 1.29 is 18.0 Å².